The smallest absolute Gasteiger partial charge is 0.249 e. The van der Waals surface area contributed by atoms with Crippen molar-refractivity contribution in [2.75, 3.05) is 38.0 Å². The normalized spacial score (nSPS) is 10.7. The number of nitrogens with zero attached hydrogens (tertiary/aromatic N) is 2. The van der Waals surface area contributed by atoms with Gasteiger partial charge in [0.2, 0.25) is 11.8 Å². The lowest BCUT2D eigenvalue weighted by Gasteiger charge is -2.21. The molecule has 0 radical (unpaired) electrons. The molecule has 0 unspecified atom stereocenters. The average Bonchev–Trinajstić information content (AvgIpc) is 2.88. The number of primary amides is 2. The van der Waals surface area contributed by atoms with Crippen LogP contribution in [0.1, 0.15) is 20.7 Å². The Bertz CT molecular complexity index is 1410. The van der Waals surface area contributed by atoms with Gasteiger partial charge in [-0.2, -0.15) is 0 Å². The number of benzene rings is 4. The Kier molecular flexibility index (Phi) is 6.79. The van der Waals surface area contributed by atoms with Gasteiger partial charge in [-0.3, -0.25) is 9.59 Å². The molecular weight excluding hydrogens is 448 g/mol. The SMILES string of the molecule is CN(C)c1ccc(-c2c(C(N)=O)ccc(-c3ccc(C(N)=O)cc3)c2-c2ccc(N(C)C)cc2)cc1. The quantitative estimate of drug-likeness (QED) is 0.390. The highest BCUT2D eigenvalue weighted by molar-refractivity contribution is 6.07. The van der Waals surface area contributed by atoms with Crippen molar-refractivity contribution in [3.05, 3.63) is 96.1 Å². The molecule has 0 aliphatic heterocycles. The molecule has 6 heteroatoms. The summed E-state index contributed by atoms with van der Waals surface area (Å²) in [6.07, 6.45) is 0. The Morgan fingerprint density at radius 1 is 0.528 bits per heavy atom. The summed E-state index contributed by atoms with van der Waals surface area (Å²) in [5.41, 5.74) is 19.6. The van der Waals surface area contributed by atoms with E-state index >= 15 is 0 Å². The maximum absolute atomic E-state index is 12.6. The number of hydrogen-bond acceptors (Lipinski definition) is 4. The number of anilines is 2. The molecule has 36 heavy (non-hydrogen) atoms. The molecule has 6 nitrogen and oxygen atoms in total. The van der Waals surface area contributed by atoms with E-state index in [0.717, 1.165) is 44.8 Å². The number of amides is 2. The lowest BCUT2D eigenvalue weighted by atomic mass is 9.84. The van der Waals surface area contributed by atoms with Crippen LogP contribution in [-0.4, -0.2) is 40.0 Å². The van der Waals surface area contributed by atoms with E-state index in [9.17, 15) is 9.59 Å². The molecule has 0 spiro atoms. The topological polar surface area (TPSA) is 92.7 Å². The van der Waals surface area contributed by atoms with Crippen LogP contribution < -0.4 is 21.3 Å². The minimum Gasteiger partial charge on any atom is -0.378 e. The van der Waals surface area contributed by atoms with E-state index in [0.29, 0.717) is 11.1 Å². The molecule has 4 rings (SSSR count). The molecular formula is C30H30N4O2. The summed E-state index contributed by atoms with van der Waals surface area (Å²) < 4.78 is 0. The van der Waals surface area contributed by atoms with Crippen molar-refractivity contribution < 1.29 is 9.59 Å². The Labute approximate surface area is 211 Å². The molecule has 0 aromatic heterocycles. The van der Waals surface area contributed by atoms with E-state index in [4.69, 9.17) is 11.5 Å². The van der Waals surface area contributed by atoms with Gasteiger partial charge in [0.1, 0.15) is 0 Å². The summed E-state index contributed by atoms with van der Waals surface area (Å²) in [5, 5.41) is 0. The van der Waals surface area contributed by atoms with Crippen LogP contribution in [0.2, 0.25) is 0 Å². The summed E-state index contributed by atoms with van der Waals surface area (Å²) in [6, 6.07) is 27.1. The lowest BCUT2D eigenvalue weighted by molar-refractivity contribution is 0.0992. The summed E-state index contributed by atoms with van der Waals surface area (Å²) in [4.78, 5) is 28.3. The number of rotatable bonds is 7. The summed E-state index contributed by atoms with van der Waals surface area (Å²) in [7, 11) is 7.95. The number of carbonyl (C=O) groups excluding carboxylic acids is 2. The van der Waals surface area contributed by atoms with Gasteiger partial charge in [-0.05, 0) is 70.3 Å². The van der Waals surface area contributed by atoms with Crippen LogP contribution in [0.15, 0.2) is 84.9 Å². The molecule has 0 saturated heterocycles. The fourth-order valence-corrected chi connectivity index (χ4v) is 4.31. The second kappa shape index (κ2) is 9.96. The molecule has 4 N–H and O–H groups in total. The van der Waals surface area contributed by atoms with Gasteiger partial charge in [-0.15, -0.1) is 0 Å². The van der Waals surface area contributed by atoms with Crippen molar-refractivity contribution in [2.45, 2.75) is 0 Å². The molecule has 0 aliphatic carbocycles. The van der Waals surface area contributed by atoms with E-state index in [-0.39, 0.29) is 0 Å². The highest BCUT2D eigenvalue weighted by Gasteiger charge is 2.21. The van der Waals surface area contributed by atoms with Gasteiger partial charge in [-0.25, -0.2) is 0 Å². The van der Waals surface area contributed by atoms with E-state index < -0.39 is 11.8 Å². The minimum atomic E-state index is -0.497. The van der Waals surface area contributed by atoms with Crippen molar-refractivity contribution in [3.63, 3.8) is 0 Å². The van der Waals surface area contributed by atoms with Crippen molar-refractivity contribution >= 4 is 23.2 Å². The van der Waals surface area contributed by atoms with Gasteiger partial charge in [0.15, 0.2) is 0 Å². The van der Waals surface area contributed by atoms with Crippen molar-refractivity contribution in [3.8, 4) is 33.4 Å². The Morgan fingerprint density at radius 3 is 1.39 bits per heavy atom. The zero-order valence-corrected chi connectivity index (χ0v) is 20.9. The van der Waals surface area contributed by atoms with E-state index in [1.54, 1.807) is 18.2 Å². The van der Waals surface area contributed by atoms with E-state index in [1.165, 1.54) is 0 Å². The van der Waals surface area contributed by atoms with Gasteiger partial charge in [-0.1, -0.05) is 42.5 Å². The van der Waals surface area contributed by atoms with Crippen LogP contribution in [0.5, 0.6) is 0 Å². The fourth-order valence-electron chi connectivity index (χ4n) is 4.31. The summed E-state index contributed by atoms with van der Waals surface area (Å²) in [5.74, 6) is -0.977. The van der Waals surface area contributed by atoms with Crippen LogP contribution in [-0.2, 0) is 0 Å². The zero-order valence-electron chi connectivity index (χ0n) is 20.9. The van der Waals surface area contributed by atoms with Gasteiger partial charge in [0.05, 0.1) is 0 Å². The largest absolute Gasteiger partial charge is 0.378 e. The highest BCUT2D eigenvalue weighted by atomic mass is 16.1. The van der Waals surface area contributed by atoms with E-state index in [2.05, 4.69) is 12.1 Å². The third-order valence-corrected chi connectivity index (χ3v) is 6.30. The molecule has 0 heterocycles. The Morgan fingerprint density at radius 2 is 0.972 bits per heavy atom. The summed E-state index contributed by atoms with van der Waals surface area (Å²) in [6.45, 7) is 0. The molecule has 4 aromatic carbocycles. The third-order valence-electron chi connectivity index (χ3n) is 6.30. The second-order valence-corrected chi connectivity index (χ2v) is 9.10. The molecule has 0 atom stereocenters. The van der Waals surface area contributed by atoms with Crippen LogP contribution in [0.25, 0.3) is 33.4 Å². The van der Waals surface area contributed by atoms with Gasteiger partial charge >= 0.3 is 0 Å². The standard InChI is InChI=1S/C30H30N4O2/c1-33(2)23-13-9-20(10-14-23)27-25(19-5-7-22(8-6-19)29(31)35)17-18-26(30(32)36)28(27)21-11-15-24(16-12-21)34(3)4/h5-18H,1-4H3,(H2,31,35)(H2,32,36). The maximum Gasteiger partial charge on any atom is 0.249 e. The maximum atomic E-state index is 12.6. The molecule has 0 bridgehead atoms. The minimum absolute atomic E-state index is 0.434. The molecule has 2 amide bonds. The van der Waals surface area contributed by atoms with Gasteiger partial charge in [0.25, 0.3) is 0 Å². The average molecular weight is 479 g/mol. The highest BCUT2D eigenvalue weighted by Crippen LogP contribution is 2.43. The Hall–Kier alpha value is -4.58. The molecule has 182 valence electrons. The van der Waals surface area contributed by atoms with Crippen molar-refractivity contribution in [1.82, 2.24) is 0 Å². The van der Waals surface area contributed by atoms with Crippen LogP contribution in [0.3, 0.4) is 0 Å². The van der Waals surface area contributed by atoms with E-state index in [1.807, 2.05) is 92.6 Å². The first-order valence-corrected chi connectivity index (χ1v) is 11.6. The number of nitrogens with two attached hydrogens (primary N) is 2. The van der Waals surface area contributed by atoms with Crippen LogP contribution in [0.4, 0.5) is 11.4 Å². The lowest BCUT2D eigenvalue weighted by Crippen LogP contribution is -2.14. The van der Waals surface area contributed by atoms with Gasteiger partial charge < -0.3 is 21.3 Å². The monoisotopic (exact) mass is 478 g/mol. The fraction of sp³-hybridized carbons (Fsp3) is 0.133. The predicted molar refractivity (Wildman–Crippen MR) is 148 cm³/mol. The Balaban J connectivity index is 2.03. The van der Waals surface area contributed by atoms with Crippen molar-refractivity contribution in [1.29, 1.82) is 0 Å². The molecule has 4 aromatic rings. The third kappa shape index (κ3) is 4.79. The zero-order chi connectivity index (χ0) is 26.0. The van der Waals surface area contributed by atoms with Gasteiger partial charge in [0, 0.05) is 56.3 Å². The van der Waals surface area contributed by atoms with Crippen LogP contribution in [0, 0.1) is 0 Å². The predicted octanol–water partition coefficient (Wildman–Crippen LogP) is 5.02. The number of carbonyl (C=O) groups is 2. The molecule has 0 fully saturated rings. The number of hydrogen-bond donors (Lipinski definition) is 2. The molecule has 0 aliphatic rings. The summed E-state index contributed by atoms with van der Waals surface area (Å²) >= 11 is 0. The first-order chi connectivity index (χ1) is 17.2. The first-order valence-electron chi connectivity index (χ1n) is 11.6. The molecule has 0 saturated carbocycles. The van der Waals surface area contributed by atoms with Crippen molar-refractivity contribution in [2.24, 2.45) is 11.5 Å². The first kappa shape index (κ1) is 24.5. The van der Waals surface area contributed by atoms with Crippen LogP contribution >= 0.6 is 0 Å². The second-order valence-electron chi connectivity index (χ2n) is 9.10.